The summed E-state index contributed by atoms with van der Waals surface area (Å²) >= 11 is 0. The zero-order chi connectivity index (χ0) is 30.8. The minimum Gasteiger partial charge on any atom is -0.478 e. The molecule has 1 unspecified atom stereocenters. The van der Waals surface area contributed by atoms with E-state index in [0.29, 0.717) is 33.5 Å². The van der Waals surface area contributed by atoms with Crippen molar-refractivity contribution in [3.63, 3.8) is 0 Å². The van der Waals surface area contributed by atoms with E-state index in [4.69, 9.17) is 9.83 Å². The van der Waals surface area contributed by atoms with Gasteiger partial charge in [-0.2, -0.15) is 13.2 Å². The quantitative estimate of drug-likeness (QED) is 0.127. The molecule has 9 nitrogen and oxygen atoms in total. The van der Waals surface area contributed by atoms with Crippen LogP contribution < -0.4 is 21.5 Å². The number of para-hydroxylation sites is 1. The largest absolute Gasteiger partial charge is 0.490 e. The lowest BCUT2D eigenvalue weighted by atomic mass is 9.99. The highest BCUT2D eigenvalue weighted by Gasteiger charge is 2.40. The predicted molar refractivity (Wildman–Crippen MR) is 150 cm³/mol. The number of rotatable bonds is 9. The van der Waals surface area contributed by atoms with E-state index >= 15 is 0 Å². The third-order valence-electron chi connectivity index (χ3n) is 6.42. The smallest absolute Gasteiger partial charge is 0.478 e. The second kappa shape index (κ2) is 11.8. The van der Waals surface area contributed by atoms with Crippen LogP contribution >= 0.6 is 0 Å². The molecule has 0 saturated carbocycles. The van der Waals surface area contributed by atoms with Crippen LogP contribution in [0.4, 0.5) is 24.5 Å². The summed E-state index contributed by atoms with van der Waals surface area (Å²) in [4.78, 5) is 36.0. The third-order valence-corrected chi connectivity index (χ3v) is 6.42. The van der Waals surface area contributed by atoms with Crippen LogP contribution in [0.5, 0.6) is 0 Å². The summed E-state index contributed by atoms with van der Waals surface area (Å²) in [6, 6.07) is 15.5. The van der Waals surface area contributed by atoms with E-state index in [1.807, 2.05) is 13.0 Å². The Morgan fingerprint density at radius 2 is 1.76 bits per heavy atom. The van der Waals surface area contributed by atoms with Crippen LogP contribution in [0.15, 0.2) is 69.9 Å². The molecule has 0 bridgehead atoms. The Balaban J connectivity index is 1.75. The van der Waals surface area contributed by atoms with Crippen LogP contribution in [0.25, 0.3) is 22.3 Å². The van der Waals surface area contributed by atoms with Gasteiger partial charge in [-0.15, -0.1) is 0 Å². The molecule has 3 aromatic carbocycles. The first kappa shape index (κ1) is 29.8. The van der Waals surface area contributed by atoms with Crippen LogP contribution in [0.1, 0.15) is 46.9 Å². The Labute approximate surface area is 237 Å². The average Bonchev–Trinajstić information content (AvgIpc) is 2.92. The molecule has 5 N–H and O–H groups in total. The van der Waals surface area contributed by atoms with Crippen molar-refractivity contribution in [1.29, 1.82) is 0 Å². The SMILES string of the molecule is CC(=[NH2+])c1ccc(-c2cc(=O)c3cc(C)cc(C(C)Nc4ccccc4C(=O)O)c3o2)cc1NCOC(=O)C(F)(F)F. The zero-order valence-electron chi connectivity index (χ0n) is 22.8. The van der Waals surface area contributed by atoms with E-state index in [2.05, 4.69) is 15.4 Å². The van der Waals surface area contributed by atoms with Crippen molar-refractivity contribution in [2.45, 2.75) is 33.0 Å². The van der Waals surface area contributed by atoms with E-state index in [0.717, 1.165) is 5.56 Å². The highest BCUT2D eigenvalue weighted by molar-refractivity contribution is 6.00. The van der Waals surface area contributed by atoms with E-state index in [1.165, 1.54) is 18.2 Å². The van der Waals surface area contributed by atoms with Crippen molar-refractivity contribution in [3.05, 3.63) is 93.1 Å². The number of halogens is 3. The number of aryl methyl sites for hydroxylation is 1. The molecule has 12 heteroatoms. The summed E-state index contributed by atoms with van der Waals surface area (Å²) in [6.07, 6.45) is -5.14. The van der Waals surface area contributed by atoms with Gasteiger partial charge in [0.1, 0.15) is 11.3 Å². The Hall–Kier alpha value is -5.13. The monoisotopic (exact) mass is 582 g/mol. The van der Waals surface area contributed by atoms with E-state index < -0.39 is 30.9 Å². The van der Waals surface area contributed by atoms with Crippen molar-refractivity contribution >= 4 is 40.0 Å². The number of hydrogen-bond donors (Lipinski definition) is 4. The summed E-state index contributed by atoms with van der Waals surface area (Å²) in [6.45, 7) is 4.43. The van der Waals surface area contributed by atoms with Gasteiger partial charge in [0.2, 0.25) is 0 Å². The lowest BCUT2D eigenvalue weighted by molar-refractivity contribution is -0.198. The summed E-state index contributed by atoms with van der Waals surface area (Å²) in [5.74, 6) is -3.29. The number of esters is 1. The van der Waals surface area contributed by atoms with Crippen molar-refractivity contribution in [2.75, 3.05) is 17.4 Å². The molecule has 1 atom stereocenters. The molecule has 218 valence electrons. The maximum Gasteiger partial charge on any atom is 0.490 e. The fourth-order valence-corrected chi connectivity index (χ4v) is 4.45. The lowest BCUT2D eigenvalue weighted by Crippen LogP contribution is -2.38. The molecule has 0 amide bonds. The number of aromatic carboxylic acids is 1. The Bertz CT molecular complexity index is 1760. The number of carbonyl (C=O) groups is 2. The molecule has 0 aliphatic carbocycles. The zero-order valence-corrected chi connectivity index (χ0v) is 22.8. The molecule has 0 aliphatic heterocycles. The maximum atomic E-state index is 13.2. The van der Waals surface area contributed by atoms with Crippen molar-refractivity contribution in [1.82, 2.24) is 0 Å². The lowest BCUT2D eigenvalue weighted by Gasteiger charge is -2.19. The van der Waals surface area contributed by atoms with Gasteiger partial charge in [0.05, 0.1) is 28.2 Å². The molecule has 0 aliphatic rings. The van der Waals surface area contributed by atoms with Gasteiger partial charge in [0.25, 0.3) is 0 Å². The number of ether oxygens (including phenoxy) is 1. The number of alkyl halides is 3. The van der Waals surface area contributed by atoms with Crippen LogP contribution in [-0.4, -0.2) is 35.7 Å². The number of carbonyl (C=O) groups excluding carboxylic acids is 1. The molecule has 0 spiro atoms. The number of carboxylic acid groups (broad SMARTS) is 1. The van der Waals surface area contributed by atoms with Crippen LogP contribution in [0.3, 0.4) is 0 Å². The topological polar surface area (TPSA) is 143 Å². The second-order valence-electron chi connectivity index (χ2n) is 9.62. The molecular formula is C30H27F3N3O6+. The Morgan fingerprint density at radius 3 is 2.43 bits per heavy atom. The number of nitrogens with one attached hydrogen (secondary N) is 2. The van der Waals surface area contributed by atoms with Gasteiger partial charge in [-0.25, -0.2) is 9.59 Å². The molecule has 0 fully saturated rings. The first-order valence-corrected chi connectivity index (χ1v) is 12.6. The first-order chi connectivity index (χ1) is 19.8. The van der Waals surface area contributed by atoms with Gasteiger partial charge in [-0.1, -0.05) is 24.3 Å². The Kier molecular flexibility index (Phi) is 8.36. The molecule has 0 radical (unpaired) electrons. The molecule has 0 saturated heterocycles. The maximum absolute atomic E-state index is 13.2. The van der Waals surface area contributed by atoms with Gasteiger partial charge >= 0.3 is 18.1 Å². The Morgan fingerprint density at radius 1 is 1.05 bits per heavy atom. The highest BCUT2D eigenvalue weighted by atomic mass is 19.4. The molecular weight excluding hydrogens is 555 g/mol. The average molecular weight is 583 g/mol. The highest BCUT2D eigenvalue weighted by Crippen LogP contribution is 2.32. The molecule has 42 heavy (non-hydrogen) atoms. The van der Waals surface area contributed by atoms with E-state index in [9.17, 15) is 32.7 Å². The molecule has 4 aromatic rings. The molecule has 1 aromatic heterocycles. The van der Waals surface area contributed by atoms with Gasteiger partial charge < -0.3 is 24.9 Å². The fourth-order valence-electron chi connectivity index (χ4n) is 4.45. The number of anilines is 2. The number of nitrogens with two attached hydrogens (primary N) is 1. The number of carboxylic acids is 1. The number of hydrogen-bond acceptors (Lipinski definition) is 7. The van der Waals surface area contributed by atoms with Crippen LogP contribution in [-0.2, 0) is 9.53 Å². The number of fused-ring (bicyclic) bond motifs is 1. The summed E-state index contributed by atoms with van der Waals surface area (Å²) in [7, 11) is 0. The third kappa shape index (κ3) is 6.43. The second-order valence-corrected chi connectivity index (χ2v) is 9.62. The van der Waals surface area contributed by atoms with Crippen molar-refractivity contribution < 1.29 is 42.4 Å². The predicted octanol–water partition coefficient (Wildman–Crippen LogP) is 4.68. The first-order valence-electron chi connectivity index (χ1n) is 12.6. The summed E-state index contributed by atoms with van der Waals surface area (Å²) in [5.41, 5.74) is 3.21. The van der Waals surface area contributed by atoms with Gasteiger partial charge in [0.15, 0.2) is 17.9 Å². The van der Waals surface area contributed by atoms with Crippen LogP contribution in [0, 0.1) is 6.92 Å². The van der Waals surface area contributed by atoms with Gasteiger partial charge in [-0.3, -0.25) is 10.2 Å². The number of benzene rings is 3. The summed E-state index contributed by atoms with van der Waals surface area (Å²) in [5, 5.41) is 21.6. The summed E-state index contributed by atoms with van der Waals surface area (Å²) < 4.78 is 48.1. The molecule has 4 rings (SSSR count). The van der Waals surface area contributed by atoms with Gasteiger partial charge in [0, 0.05) is 29.8 Å². The van der Waals surface area contributed by atoms with E-state index in [-0.39, 0.29) is 28.0 Å². The van der Waals surface area contributed by atoms with E-state index in [1.54, 1.807) is 50.2 Å². The minimum absolute atomic E-state index is 0.0801. The molecule has 1 heterocycles. The van der Waals surface area contributed by atoms with Crippen LogP contribution in [0.2, 0.25) is 0 Å². The minimum atomic E-state index is -5.14. The van der Waals surface area contributed by atoms with Crippen molar-refractivity contribution in [3.8, 4) is 11.3 Å². The van der Waals surface area contributed by atoms with Crippen molar-refractivity contribution in [2.24, 2.45) is 0 Å². The fraction of sp³-hybridized carbons (Fsp3) is 0.200. The normalized spacial score (nSPS) is 12.0. The van der Waals surface area contributed by atoms with Gasteiger partial charge in [-0.05, 0) is 49.7 Å². The standard InChI is InChI=1S/C30H26F3N3O6/c1-15-10-21(17(3)36-23-7-5-4-6-20(23)28(38)39)27-22(11-15)25(37)13-26(42-27)18-8-9-19(16(2)34)24(12-18)35-14-41-29(40)30(31,32)33/h4-13,17,34-36H,14H2,1-3H3,(H,38,39)/p+1.